The second-order valence-corrected chi connectivity index (χ2v) is 2.39. The van der Waals surface area contributed by atoms with Crippen LogP contribution >= 0.6 is 12.4 Å². The number of anilines is 1. The fraction of sp³-hybridized carbons (Fsp3) is 0.500. The molecule has 0 aromatic carbocycles. The summed E-state index contributed by atoms with van der Waals surface area (Å²) in [6.45, 7) is 4.15. The largest absolute Gasteiger partial charge is 0.396 e. The summed E-state index contributed by atoms with van der Waals surface area (Å²) in [5.74, 6) is 0.437. The molecule has 0 spiro atoms. The molecule has 10 heavy (non-hydrogen) atoms. The van der Waals surface area contributed by atoms with Gasteiger partial charge in [-0.2, -0.15) is 5.10 Å². The smallest absolute Gasteiger partial charge is 0.0733 e. The van der Waals surface area contributed by atoms with E-state index in [0.717, 1.165) is 11.4 Å². The molecule has 0 radical (unpaired) electrons. The summed E-state index contributed by atoms with van der Waals surface area (Å²) in [6, 6.07) is 0. The highest BCUT2D eigenvalue weighted by molar-refractivity contribution is 5.85. The van der Waals surface area contributed by atoms with Crippen molar-refractivity contribution in [1.82, 2.24) is 10.2 Å². The third-order valence-electron chi connectivity index (χ3n) is 1.28. The molecule has 0 aliphatic rings. The van der Waals surface area contributed by atoms with E-state index in [2.05, 4.69) is 24.0 Å². The van der Waals surface area contributed by atoms with E-state index in [1.165, 1.54) is 0 Å². The molecule has 4 heteroatoms. The van der Waals surface area contributed by atoms with Gasteiger partial charge in [-0.05, 0) is 5.92 Å². The van der Waals surface area contributed by atoms with Crippen molar-refractivity contribution in [2.45, 2.75) is 19.8 Å². The molecule has 0 atom stereocenters. The van der Waals surface area contributed by atoms with Crippen LogP contribution in [0.25, 0.3) is 0 Å². The molecule has 0 bridgehead atoms. The second-order valence-electron chi connectivity index (χ2n) is 2.39. The first kappa shape index (κ1) is 9.30. The number of H-pyrrole nitrogens is 1. The molecule has 0 unspecified atom stereocenters. The topological polar surface area (TPSA) is 54.7 Å². The molecular formula is C6H12ClN3. The average Bonchev–Trinajstić information content (AvgIpc) is 2.13. The van der Waals surface area contributed by atoms with Crippen molar-refractivity contribution >= 4 is 18.1 Å². The van der Waals surface area contributed by atoms with Gasteiger partial charge in [-0.1, -0.05) is 13.8 Å². The lowest BCUT2D eigenvalue weighted by molar-refractivity contribution is 0.813. The molecule has 0 aliphatic carbocycles. The van der Waals surface area contributed by atoms with Gasteiger partial charge in [0.15, 0.2) is 0 Å². The first-order valence-corrected chi connectivity index (χ1v) is 3.00. The van der Waals surface area contributed by atoms with Crippen LogP contribution in [0.4, 0.5) is 5.69 Å². The summed E-state index contributed by atoms with van der Waals surface area (Å²) >= 11 is 0. The molecule has 3 N–H and O–H groups in total. The van der Waals surface area contributed by atoms with Crippen LogP contribution < -0.4 is 5.73 Å². The van der Waals surface area contributed by atoms with Crippen LogP contribution in [-0.4, -0.2) is 10.2 Å². The molecule has 0 aliphatic heterocycles. The van der Waals surface area contributed by atoms with Crippen LogP contribution in [-0.2, 0) is 0 Å². The fourth-order valence-corrected chi connectivity index (χ4v) is 0.768. The fourth-order valence-electron chi connectivity index (χ4n) is 0.768. The van der Waals surface area contributed by atoms with Crippen molar-refractivity contribution in [3.8, 4) is 0 Å². The van der Waals surface area contributed by atoms with E-state index in [0.29, 0.717) is 5.92 Å². The Bertz CT molecular complexity index is 195. The van der Waals surface area contributed by atoms with E-state index in [1.54, 1.807) is 6.20 Å². The Hall–Kier alpha value is -0.700. The molecule has 0 saturated carbocycles. The lowest BCUT2D eigenvalue weighted by Gasteiger charge is -1.99. The number of nitrogen functional groups attached to an aromatic ring is 1. The van der Waals surface area contributed by atoms with Crippen molar-refractivity contribution in [1.29, 1.82) is 0 Å². The molecule has 0 fully saturated rings. The molecule has 1 rings (SSSR count). The summed E-state index contributed by atoms with van der Waals surface area (Å²) in [6.07, 6.45) is 1.63. The molecular weight excluding hydrogens is 150 g/mol. The standard InChI is InChI=1S/C6H11N3.ClH/c1-4(2)6-5(7)3-8-9-6;/h3-4H,7H2,1-2H3,(H,8,9);1H. The van der Waals surface area contributed by atoms with Gasteiger partial charge in [0.25, 0.3) is 0 Å². The monoisotopic (exact) mass is 161 g/mol. The van der Waals surface area contributed by atoms with Crippen LogP contribution in [0.3, 0.4) is 0 Å². The second kappa shape index (κ2) is 3.46. The van der Waals surface area contributed by atoms with Crippen molar-refractivity contribution in [2.75, 3.05) is 5.73 Å². The van der Waals surface area contributed by atoms with Gasteiger partial charge >= 0.3 is 0 Å². The first-order chi connectivity index (χ1) is 4.22. The van der Waals surface area contributed by atoms with Crippen molar-refractivity contribution in [2.24, 2.45) is 0 Å². The maximum absolute atomic E-state index is 5.55. The predicted molar refractivity (Wildman–Crippen MR) is 44.3 cm³/mol. The van der Waals surface area contributed by atoms with Crippen LogP contribution in [0, 0.1) is 0 Å². The number of aromatic nitrogens is 2. The van der Waals surface area contributed by atoms with Crippen molar-refractivity contribution < 1.29 is 0 Å². The number of halogens is 1. The van der Waals surface area contributed by atoms with Gasteiger partial charge in [-0.3, -0.25) is 5.10 Å². The van der Waals surface area contributed by atoms with Gasteiger partial charge < -0.3 is 5.73 Å². The predicted octanol–water partition coefficient (Wildman–Crippen LogP) is 1.54. The molecule has 0 amide bonds. The highest BCUT2D eigenvalue weighted by Gasteiger charge is 2.03. The molecule has 1 aromatic heterocycles. The normalized spacial score (nSPS) is 9.50. The van der Waals surface area contributed by atoms with E-state index in [4.69, 9.17) is 5.73 Å². The van der Waals surface area contributed by atoms with Crippen LogP contribution in [0.5, 0.6) is 0 Å². The number of nitrogens with one attached hydrogen (secondary N) is 1. The lowest BCUT2D eigenvalue weighted by atomic mass is 10.1. The van der Waals surface area contributed by atoms with Gasteiger partial charge in [0.05, 0.1) is 17.6 Å². The first-order valence-electron chi connectivity index (χ1n) is 3.00. The molecule has 0 saturated heterocycles. The third kappa shape index (κ3) is 1.64. The van der Waals surface area contributed by atoms with E-state index < -0.39 is 0 Å². The Balaban J connectivity index is 0.000000810. The molecule has 58 valence electrons. The summed E-state index contributed by atoms with van der Waals surface area (Å²) in [5.41, 5.74) is 7.33. The minimum Gasteiger partial charge on any atom is -0.396 e. The summed E-state index contributed by atoms with van der Waals surface area (Å²) in [7, 11) is 0. The van der Waals surface area contributed by atoms with E-state index in [1.807, 2.05) is 0 Å². The van der Waals surface area contributed by atoms with Gasteiger partial charge in [0, 0.05) is 0 Å². The zero-order valence-corrected chi connectivity index (χ0v) is 6.90. The van der Waals surface area contributed by atoms with Crippen molar-refractivity contribution in [3.05, 3.63) is 11.9 Å². The zero-order valence-electron chi connectivity index (χ0n) is 6.09. The third-order valence-corrected chi connectivity index (χ3v) is 1.28. The Morgan fingerprint density at radius 3 is 2.40 bits per heavy atom. The number of hydrogen-bond donors (Lipinski definition) is 2. The number of nitrogens with two attached hydrogens (primary N) is 1. The average molecular weight is 162 g/mol. The van der Waals surface area contributed by atoms with Gasteiger partial charge in [-0.15, -0.1) is 12.4 Å². The lowest BCUT2D eigenvalue weighted by Crippen LogP contribution is -1.93. The van der Waals surface area contributed by atoms with Crippen LogP contribution in [0.1, 0.15) is 25.5 Å². The van der Waals surface area contributed by atoms with Gasteiger partial charge in [-0.25, -0.2) is 0 Å². The number of aromatic amines is 1. The van der Waals surface area contributed by atoms with Crippen LogP contribution in [0.2, 0.25) is 0 Å². The Kier molecular flexibility index (Phi) is 3.22. The Morgan fingerprint density at radius 2 is 2.20 bits per heavy atom. The maximum atomic E-state index is 5.55. The summed E-state index contributed by atoms with van der Waals surface area (Å²) in [4.78, 5) is 0. The Labute approximate surface area is 66.4 Å². The van der Waals surface area contributed by atoms with Crippen molar-refractivity contribution in [3.63, 3.8) is 0 Å². The highest BCUT2D eigenvalue weighted by atomic mass is 35.5. The van der Waals surface area contributed by atoms with E-state index >= 15 is 0 Å². The number of rotatable bonds is 1. The molecule has 3 nitrogen and oxygen atoms in total. The number of hydrogen-bond acceptors (Lipinski definition) is 2. The van der Waals surface area contributed by atoms with Crippen LogP contribution in [0.15, 0.2) is 6.20 Å². The highest BCUT2D eigenvalue weighted by Crippen LogP contribution is 2.16. The van der Waals surface area contributed by atoms with E-state index in [9.17, 15) is 0 Å². The summed E-state index contributed by atoms with van der Waals surface area (Å²) < 4.78 is 0. The SMILES string of the molecule is CC(C)c1[nH]ncc1N.Cl. The molecule has 1 aromatic rings. The van der Waals surface area contributed by atoms with E-state index in [-0.39, 0.29) is 12.4 Å². The Morgan fingerprint density at radius 1 is 1.60 bits per heavy atom. The molecule has 1 heterocycles. The quantitative estimate of drug-likeness (QED) is 0.657. The number of nitrogens with zero attached hydrogens (tertiary/aromatic N) is 1. The summed E-state index contributed by atoms with van der Waals surface area (Å²) in [5, 5.41) is 6.62. The zero-order chi connectivity index (χ0) is 6.85. The minimum atomic E-state index is 0. The maximum Gasteiger partial charge on any atom is 0.0733 e. The minimum absolute atomic E-state index is 0. The van der Waals surface area contributed by atoms with Gasteiger partial charge in [0.1, 0.15) is 0 Å². The van der Waals surface area contributed by atoms with Gasteiger partial charge in [0.2, 0.25) is 0 Å².